The second kappa shape index (κ2) is 16.5. The molecule has 0 bridgehead atoms. The van der Waals surface area contributed by atoms with Crippen LogP contribution in [0, 0.1) is 32.4 Å². The highest BCUT2D eigenvalue weighted by molar-refractivity contribution is 5.93. The Bertz CT molecular complexity index is 1880. The number of urea groups is 2. The van der Waals surface area contributed by atoms with Crippen LogP contribution < -0.4 is 37.5 Å². The Morgan fingerprint density at radius 2 is 1.17 bits per heavy atom. The highest BCUT2D eigenvalue weighted by Crippen LogP contribution is 2.28. The van der Waals surface area contributed by atoms with Crippen LogP contribution in [0.3, 0.4) is 0 Å². The molecular formula is C37H38F2N6O3. The smallest absolute Gasteiger partial charge is 0.319 e. The Morgan fingerprint density at radius 1 is 0.646 bits per heavy atom. The highest BCUT2D eigenvalue weighted by atomic mass is 19.1. The first kappa shape index (κ1) is 34.8. The van der Waals surface area contributed by atoms with Gasteiger partial charge in [0.15, 0.2) is 5.82 Å². The van der Waals surface area contributed by atoms with Gasteiger partial charge < -0.3 is 37.5 Å². The van der Waals surface area contributed by atoms with Crippen molar-refractivity contribution in [3.8, 4) is 11.5 Å². The number of aryl methyl sites for hydroxylation is 3. The summed E-state index contributed by atoms with van der Waals surface area (Å²) < 4.78 is 32.2. The van der Waals surface area contributed by atoms with Gasteiger partial charge in [0.25, 0.3) is 0 Å². The van der Waals surface area contributed by atoms with Crippen molar-refractivity contribution in [1.29, 1.82) is 0 Å². The molecule has 4 amide bonds. The molecule has 0 aliphatic carbocycles. The average Bonchev–Trinajstić information content (AvgIpc) is 3.05. The molecule has 11 heteroatoms. The quantitative estimate of drug-likeness (QED) is 0.0937. The van der Waals surface area contributed by atoms with E-state index in [1.165, 1.54) is 0 Å². The molecule has 0 aromatic heterocycles. The zero-order chi connectivity index (χ0) is 34.6. The minimum absolute atomic E-state index is 0.102. The summed E-state index contributed by atoms with van der Waals surface area (Å²) in [7, 11) is 0. The predicted molar refractivity (Wildman–Crippen MR) is 187 cm³/mol. The second-order valence-electron chi connectivity index (χ2n) is 11.0. The number of ether oxygens (including phenoxy) is 1. The molecule has 48 heavy (non-hydrogen) atoms. The van der Waals surface area contributed by atoms with Crippen LogP contribution in [-0.4, -0.2) is 12.1 Å². The van der Waals surface area contributed by atoms with E-state index < -0.39 is 17.7 Å². The molecule has 0 atom stereocenters. The van der Waals surface area contributed by atoms with Gasteiger partial charge in [0, 0.05) is 25.2 Å². The first-order valence-electron chi connectivity index (χ1n) is 15.1. The van der Waals surface area contributed by atoms with Crippen LogP contribution in [-0.2, 0) is 13.1 Å². The molecule has 0 heterocycles. The maximum Gasteiger partial charge on any atom is 0.319 e. The predicted octanol–water partition coefficient (Wildman–Crippen LogP) is 8.18. The number of anilines is 4. The van der Waals surface area contributed by atoms with Crippen molar-refractivity contribution >= 4 is 34.8 Å². The molecule has 248 valence electrons. The lowest BCUT2D eigenvalue weighted by atomic mass is 10.1. The maximum atomic E-state index is 13.3. The number of carbonyl (C=O) groups is 2. The van der Waals surface area contributed by atoms with Crippen LogP contribution in [0.15, 0.2) is 103 Å². The Labute approximate surface area is 278 Å². The van der Waals surface area contributed by atoms with Crippen molar-refractivity contribution in [3.63, 3.8) is 0 Å². The van der Waals surface area contributed by atoms with E-state index in [0.717, 1.165) is 39.6 Å². The van der Waals surface area contributed by atoms with Gasteiger partial charge >= 0.3 is 12.1 Å². The van der Waals surface area contributed by atoms with Gasteiger partial charge in [-0.3, -0.25) is 0 Å². The number of rotatable bonds is 8. The van der Waals surface area contributed by atoms with Crippen molar-refractivity contribution < 1.29 is 23.1 Å². The van der Waals surface area contributed by atoms with Crippen LogP contribution in [0.1, 0.15) is 27.8 Å². The lowest BCUT2D eigenvalue weighted by Gasteiger charge is -2.13. The molecule has 9 nitrogen and oxygen atoms in total. The SMILES string of the molecule is Cc1ccc(Oc2ccc(N)c(NC(=O)NCc3ccccc3C)c2)cc1.Cc1ccccc1CNC(=O)Nc1cc(F)cc(F)c1N. The number of hydrogen-bond acceptors (Lipinski definition) is 5. The molecule has 0 saturated heterocycles. The van der Waals surface area contributed by atoms with Gasteiger partial charge in [0.2, 0.25) is 0 Å². The van der Waals surface area contributed by atoms with Crippen LogP contribution in [0.5, 0.6) is 11.5 Å². The molecule has 5 aromatic rings. The third kappa shape index (κ3) is 10.2. The van der Waals surface area contributed by atoms with Crippen molar-refractivity contribution in [2.24, 2.45) is 0 Å². The third-order valence-electron chi connectivity index (χ3n) is 7.27. The van der Waals surface area contributed by atoms with Gasteiger partial charge in [0.1, 0.15) is 17.3 Å². The monoisotopic (exact) mass is 652 g/mol. The number of benzene rings is 5. The molecule has 0 spiro atoms. The van der Waals surface area contributed by atoms with E-state index in [4.69, 9.17) is 16.2 Å². The number of amides is 4. The molecule has 0 aliphatic heterocycles. The molecule has 8 N–H and O–H groups in total. The number of nitrogen functional groups attached to an aromatic ring is 2. The van der Waals surface area contributed by atoms with E-state index in [0.29, 0.717) is 36.3 Å². The van der Waals surface area contributed by atoms with E-state index in [2.05, 4.69) is 21.3 Å². The molecule has 0 unspecified atom stereocenters. The minimum atomic E-state index is -0.913. The summed E-state index contributed by atoms with van der Waals surface area (Å²) >= 11 is 0. The summed E-state index contributed by atoms with van der Waals surface area (Å²) in [5.41, 5.74) is 17.3. The van der Waals surface area contributed by atoms with Crippen molar-refractivity contribution in [2.45, 2.75) is 33.9 Å². The second-order valence-corrected chi connectivity index (χ2v) is 11.0. The fourth-order valence-corrected chi connectivity index (χ4v) is 4.44. The number of carbonyl (C=O) groups excluding carboxylic acids is 2. The lowest BCUT2D eigenvalue weighted by molar-refractivity contribution is 0.251. The van der Waals surface area contributed by atoms with Gasteiger partial charge in [-0.15, -0.1) is 0 Å². The summed E-state index contributed by atoms with van der Waals surface area (Å²) in [6.45, 7) is 6.70. The Balaban J connectivity index is 0.000000224. The standard InChI is InChI=1S/C22H23N3O2.C15H15F2N3O/c1-15-7-9-18(10-8-15)27-19-11-12-20(23)21(13-19)25-22(26)24-14-17-6-4-3-5-16(17)2;1-9-4-2-3-5-10(9)8-19-15(21)20-13-7-11(16)6-12(17)14(13)18/h3-13H,14,23H2,1-2H3,(H2,24,25,26);2-7H,8,18H2,1H3,(H2,19,20,21). The van der Waals surface area contributed by atoms with Gasteiger partial charge in [-0.05, 0) is 73.4 Å². The van der Waals surface area contributed by atoms with Crippen LogP contribution in [0.2, 0.25) is 0 Å². The molecule has 0 fully saturated rings. The third-order valence-corrected chi connectivity index (χ3v) is 7.27. The van der Waals surface area contributed by atoms with Crippen LogP contribution >= 0.6 is 0 Å². The van der Waals surface area contributed by atoms with Gasteiger partial charge in [-0.2, -0.15) is 0 Å². The van der Waals surface area contributed by atoms with Gasteiger partial charge in [-0.25, -0.2) is 18.4 Å². The Hall–Kier alpha value is -6.10. The molecule has 0 radical (unpaired) electrons. The van der Waals surface area contributed by atoms with Crippen molar-refractivity contribution in [3.05, 3.63) is 143 Å². The first-order valence-corrected chi connectivity index (χ1v) is 15.1. The largest absolute Gasteiger partial charge is 0.457 e. The first-order chi connectivity index (χ1) is 23.0. The van der Waals surface area contributed by atoms with E-state index in [-0.39, 0.29) is 17.4 Å². The summed E-state index contributed by atoms with van der Waals surface area (Å²) in [6.07, 6.45) is 0. The highest BCUT2D eigenvalue weighted by Gasteiger charge is 2.12. The molecule has 0 aliphatic rings. The molecule has 0 saturated carbocycles. The van der Waals surface area contributed by atoms with E-state index in [1.807, 2.05) is 93.6 Å². The Kier molecular flexibility index (Phi) is 11.9. The number of halogens is 2. The zero-order valence-corrected chi connectivity index (χ0v) is 26.9. The minimum Gasteiger partial charge on any atom is -0.457 e. The number of nitrogens with one attached hydrogen (secondary N) is 4. The maximum absolute atomic E-state index is 13.3. The fourth-order valence-electron chi connectivity index (χ4n) is 4.44. The fraction of sp³-hybridized carbons (Fsp3) is 0.135. The molecule has 5 rings (SSSR count). The van der Waals surface area contributed by atoms with E-state index in [1.54, 1.807) is 18.2 Å². The molecule has 5 aromatic carbocycles. The van der Waals surface area contributed by atoms with Crippen LogP contribution in [0.25, 0.3) is 0 Å². The van der Waals surface area contributed by atoms with Crippen LogP contribution in [0.4, 0.5) is 41.1 Å². The summed E-state index contributed by atoms with van der Waals surface area (Å²) in [5.74, 6) is -0.400. The summed E-state index contributed by atoms with van der Waals surface area (Å²) in [5, 5.41) is 10.6. The summed E-state index contributed by atoms with van der Waals surface area (Å²) in [4.78, 5) is 24.0. The Morgan fingerprint density at radius 3 is 1.73 bits per heavy atom. The lowest BCUT2D eigenvalue weighted by Crippen LogP contribution is -2.29. The number of nitrogens with two attached hydrogens (primary N) is 2. The van der Waals surface area contributed by atoms with Gasteiger partial charge in [-0.1, -0.05) is 66.2 Å². The van der Waals surface area contributed by atoms with Gasteiger partial charge in [0.05, 0.1) is 22.7 Å². The van der Waals surface area contributed by atoms with E-state index >= 15 is 0 Å². The van der Waals surface area contributed by atoms with E-state index in [9.17, 15) is 18.4 Å². The van der Waals surface area contributed by atoms with Crippen molar-refractivity contribution in [1.82, 2.24) is 10.6 Å². The molecular weight excluding hydrogens is 614 g/mol. The number of hydrogen-bond donors (Lipinski definition) is 6. The van der Waals surface area contributed by atoms with Crippen molar-refractivity contribution in [2.75, 3.05) is 22.1 Å². The topological polar surface area (TPSA) is 144 Å². The normalized spacial score (nSPS) is 10.3. The average molecular weight is 653 g/mol. The zero-order valence-electron chi connectivity index (χ0n) is 26.9. The summed E-state index contributed by atoms with van der Waals surface area (Å²) in [6, 6.07) is 29.1.